The molecule has 0 aliphatic heterocycles. The molecule has 1 atom stereocenters. The smallest absolute Gasteiger partial charge is 0.408 e. The number of benzene rings is 3. The molecule has 1 unspecified atom stereocenters. The van der Waals surface area contributed by atoms with Crippen LogP contribution in [-0.2, 0) is 38.7 Å². The van der Waals surface area contributed by atoms with E-state index < -0.39 is 24.0 Å². The lowest BCUT2D eigenvalue weighted by molar-refractivity contribution is -0.147. The number of alkyl carbamates (subject to hydrolysis) is 1. The number of nitrogens with one attached hydrogen (secondary N) is 2. The summed E-state index contributed by atoms with van der Waals surface area (Å²) in [5, 5.41) is 5.14. The average molecular weight is 479 g/mol. The lowest BCUT2D eigenvalue weighted by Crippen LogP contribution is -2.48. The molecule has 0 aromatic heterocycles. The predicted molar refractivity (Wildman–Crippen MR) is 128 cm³/mol. The summed E-state index contributed by atoms with van der Waals surface area (Å²) in [7, 11) is 0. The third-order valence-electron chi connectivity index (χ3n) is 5.06. The Morgan fingerprint density at radius 2 is 1.31 bits per heavy atom. The summed E-state index contributed by atoms with van der Waals surface area (Å²) in [6.07, 6.45) is -0.742. The van der Waals surface area contributed by atoms with Gasteiger partial charge in [0.25, 0.3) is 0 Å². The number of carbonyl (C=O) groups is 3. The quantitative estimate of drug-likeness (QED) is 0.408. The first kappa shape index (κ1) is 25.4. The molecule has 8 heteroatoms. The Kier molecular flexibility index (Phi) is 9.80. The number of esters is 1. The summed E-state index contributed by atoms with van der Waals surface area (Å²) in [6, 6.07) is 22.9. The van der Waals surface area contributed by atoms with Crippen molar-refractivity contribution in [2.45, 2.75) is 32.1 Å². The molecule has 0 saturated heterocycles. The van der Waals surface area contributed by atoms with Gasteiger partial charge in [-0.2, -0.15) is 0 Å². The van der Waals surface area contributed by atoms with Gasteiger partial charge in [-0.25, -0.2) is 9.18 Å². The highest BCUT2D eigenvalue weighted by atomic mass is 19.1. The monoisotopic (exact) mass is 478 g/mol. The van der Waals surface area contributed by atoms with Gasteiger partial charge in [0.05, 0.1) is 6.42 Å². The van der Waals surface area contributed by atoms with Gasteiger partial charge >= 0.3 is 12.1 Å². The standard InChI is InChI=1S/C27H27FN2O5/c28-23-13-11-20(12-14-23)15-16-29-26(32)24(17-25(31)34-18-21-7-3-1-4-8-21)30-27(33)35-19-22-9-5-2-6-10-22/h1-14,24H,15-19H2,(H,29,32)(H,30,33). The molecule has 3 aromatic rings. The fourth-order valence-corrected chi connectivity index (χ4v) is 3.18. The summed E-state index contributed by atoms with van der Waals surface area (Å²) in [4.78, 5) is 37.5. The molecule has 0 radical (unpaired) electrons. The summed E-state index contributed by atoms with van der Waals surface area (Å²) < 4.78 is 23.5. The fourth-order valence-electron chi connectivity index (χ4n) is 3.18. The van der Waals surface area contributed by atoms with Crippen LogP contribution in [-0.4, -0.2) is 30.6 Å². The summed E-state index contributed by atoms with van der Waals surface area (Å²) in [5.41, 5.74) is 2.42. The van der Waals surface area contributed by atoms with Crippen molar-refractivity contribution >= 4 is 18.0 Å². The second-order valence-electron chi connectivity index (χ2n) is 7.78. The first-order chi connectivity index (χ1) is 17.0. The number of carbonyl (C=O) groups excluding carboxylic acids is 3. The molecule has 35 heavy (non-hydrogen) atoms. The van der Waals surface area contributed by atoms with Crippen LogP contribution in [0.15, 0.2) is 84.9 Å². The van der Waals surface area contributed by atoms with Gasteiger partial charge < -0.3 is 20.1 Å². The summed E-state index contributed by atoms with van der Waals surface area (Å²) in [5.74, 6) is -1.54. The predicted octanol–water partition coefficient (Wildman–Crippen LogP) is 3.91. The van der Waals surface area contributed by atoms with E-state index in [1.807, 2.05) is 48.5 Å². The minimum absolute atomic E-state index is 0.0179. The molecule has 0 heterocycles. The number of halogens is 1. The normalized spacial score (nSPS) is 11.2. The Balaban J connectivity index is 1.54. The molecule has 0 spiro atoms. The molecule has 0 saturated carbocycles. The molecular formula is C27H27FN2O5. The van der Waals surface area contributed by atoms with Crippen molar-refractivity contribution in [3.8, 4) is 0 Å². The first-order valence-electron chi connectivity index (χ1n) is 11.2. The lowest BCUT2D eigenvalue weighted by Gasteiger charge is -2.18. The van der Waals surface area contributed by atoms with Crippen LogP contribution in [0.4, 0.5) is 9.18 Å². The van der Waals surface area contributed by atoms with Crippen molar-refractivity contribution in [2.75, 3.05) is 6.54 Å². The van der Waals surface area contributed by atoms with Crippen LogP contribution in [0.25, 0.3) is 0 Å². The van der Waals surface area contributed by atoms with Crippen molar-refractivity contribution in [2.24, 2.45) is 0 Å². The number of ether oxygens (including phenoxy) is 2. The van der Waals surface area contributed by atoms with E-state index in [2.05, 4.69) is 10.6 Å². The minimum Gasteiger partial charge on any atom is -0.461 e. The molecule has 0 aliphatic carbocycles. The largest absolute Gasteiger partial charge is 0.461 e. The van der Waals surface area contributed by atoms with Gasteiger partial charge in [0.15, 0.2) is 0 Å². The zero-order valence-electron chi connectivity index (χ0n) is 19.1. The van der Waals surface area contributed by atoms with Crippen LogP contribution in [0.5, 0.6) is 0 Å². The molecular weight excluding hydrogens is 451 g/mol. The Morgan fingerprint density at radius 1 is 0.743 bits per heavy atom. The van der Waals surface area contributed by atoms with Crippen LogP contribution in [0.2, 0.25) is 0 Å². The second kappa shape index (κ2) is 13.5. The molecule has 2 N–H and O–H groups in total. The third-order valence-corrected chi connectivity index (χ3v) is 5.06. The maximum absolute atomic E-state index is 13.1. The number of rotatable bonds is 11. The van der Waals surface area contributed by atoms with Gasteiger partial charge in [-0.3, -0.25) is 9.59 Å². The van der Waals surface area contributed by atoms with E-state index in [1.54, 1.807) is 24.3 Å². The second-order valence-corrected chi connectivity index (χ2v) is 7.78. The van der Waals surface area contributed by atoms with E-state index in [4.69, 9.17) is 9.47 Å². The van der Waals surface area contributed by atoms with E-state index in [0.717, 1.165) is 16.7 Å². The van der Waals surface area contributed by atoms with Gasteiger partial charge in [0.2, 0.25) is 5.91 Å². The van der Waals surface area contributed by atoms with Crippen molar-refractivity contribution in [3.05, 3.63) is 107 Å². The van der Waals surface area contributed by atoms with Gasteiger partial charge in [-0.05, 0) is 35.2 Å². The van der Waals surface area contributed by atoms with Crippen molar-refractivity contribution in [1.82, 2.24) is 10.6 Å². The molecule has 3 aromatic carbocycles. The Hall–Kier alpha value is -4.20. The molecule has 0 fully saturated rings. The molecule has 0 bridgehead atoms. The Labute approximate surface area is 203 Å². The summed E-state index contributed by atoms with van der Waals surface area (Å²) in [6.45, 7) is 0.307. The van der Waals surface area contributed by atoms with Crippen LogP contribution >= 0.6 is 0 Å². The lowest BCUT2D eigenvalue weighted by atomic mass is 10.1. The first-order valence-corrected chi connectivity index (χ1v) is 11.2. The average Bonchev–Trinajstić information content (AvgIpc) is 2.88. The van der Waals surface area contributed by atoms with Gasteiger partial charge in [-0.1, -0.05) is 72.8 Å². The molecule has 182 valence electrons. The zero-order valence-corrected chi connectivity index (χ0v) is 19.1. The molecule has 2 amide bonds. The van der Waals surface area contributed by atoms with Gasteiger partial charge in [-0.15, -0.1) is 0 Å². The van der Waals surface area contributed by atoms with Crippen LogP contribution in [0.3, 0.4) is 0 Å². The molecule has 7 nitrogen and oxygen atoms in total. The van der Waals surface area contributed by atoms with Crippen molar-refractivity contribution < 1.29 is 28.2 Å². The van der Waals surface area contributed by atoms with E-state index in [9.17, 15) is 18.8 Å². The van der Waals surface area contributed by atoms with Crippen LogP contribution in [0.1, 0.15) is 23.1 Å². The Morgan fingerprint density at radius 3 is 1.91 bits per heavy atom. The van der Waals surface area contributed by atoms with Gasteiger partial charge in [0, 0.05) is 6.54 Å². The fraction of sp³-hybridized carbons (Fsp3) is 0.222. The highest BCUT2D eigenvalue weighted by Crippen LogP contribution is 2.06. The number of hydrogen-bond acceptors (Lipinski definition) is 5. The summed E-state index contributed by atoms with van der Waals surface area (Å²) >= 11 is 0. The number of amides is 2. The SMILES string of the molecule is O=C(CC(NC(=O)OCc1ccccc1)C(=O)NCCc1ccc(F)cc1)OCc1ccccc1. The topological polar surface area (TPSA) is 93.7 Å². The van der Waals surface area contributed by atoms with E-state index >= 15 is 0 Å². The van der Waals surface area contributed by atoms with E-state index in [1.165, 1.54) is 12.1 Å². The molecule has 0 aliphatic rings. The third kappa shape index (κ3) is 9.29. The zero-order chi connectivity index (χ0) is 24.9. The van der Waals surface area contributed by atoms with E-state index in [-0.39, 0.29) is 32.0 Å². The maximum Gasteiger partial charge on any atom is 0.408 e. The highest BCUT2D eigenvalue weighted by molar-refractivity contribution is 5.89. The van der Waals surface area contributed by atoms with Crippen molar-refractivity contribution in [3.63, 3.8) is 0 Å². The highest BCUT2D eigenvalue weighted by Gasteiger charge is 2.25. The van der Waals surface area contributed by atoms with Gasteiger partial charge in [0.1, 0.15) is 25.1 Å². The minimum atomic E-state index is -1.19. The van der Waals surface area contributed by atoms with Crippen molar-refractivity contribution in [1.29, 1.82) is 0 Å². The van der Waals surface area contributed by atoms with Crippen LogP contribution < -0.4 is 10.6 Å². The van der Waals surface area contributed by atoms with Crippen LogP contribution in [0, 0.1) is 5.82 Å². The Bertz CT molecular complexity index is 1030. The van der Waals surface area contributed by atoms with E-state index in [0.29, 0.717) is 6.42 Å². The maximum atomic E-state index is 13.1. The molecule has 3 rings (SSSR count). The number of hydrogen-bond donors (Lipinski definition) is 2.